The Balaban J connectivity index is 2.04. The molecule has 0 amide bonds. The minimum absolute atomic E-state index is 0.00122. The zero-order valence-electron chi connectivity index (χ0n) is 10.4. The Morgan fingerprint density at radius 1 is 1.33 bits per heavy atom. The van der Waals surface area contributed by atoms with Crippen LogP contribution in [-0.4, -0.2) is 22.1 Å². The SMILES string of the molecule is N/C(=N/O)c1cc(OC2CCCCCC2)ccn1. The molecule has 1 aromatic heterocycles. The van der Waals surface area contributed by atoms with Crippen LogP contribution in [0.5, 0.6) is 5.75 Å². The molecule has 0 aromatic carbocycles. The highest BCUT2D eigenvalue weighted by atomic mass is 16.5. The summed E-state index contributed by atoms with van der Waals surface area (Å²) in [4.78, 5) is 4.03. The standard InChI is InChI=1S/C13H19N3O2/c14-13(16-17)12-9-11(7-8-15-12)18-10-5-3-1-2-4-6-10/h7-10,17H,1-6H2,(H2,14,16). The van der Waals surface area contributed by atoms with Crippen molar-refractivity contribution in [3.8, 4) is 5.75 Å². The first kappa shape index (κ1) is 12.7. The molecule has 1 aliphatic carbocycles. The molecule has 5 nitrogen and oxygen atoms in total. The first-order valence-electron chi connectivity index (χ1n) is 6.40. The predicted molar refractivity (Wildman–Crippen MR) is 68.9 cm³/mol. The van der Waals surface area contributed by atoms with Gasteiger partial charge in [-0.1, -0.05) is 18.0 Å². The van der Waals surface area contributed by atoms with Gasteiger partial charge in [-0.15, -0.1) is 0 Å². The zero-order chi connectivity index (χ0) is 12.8. The molecule has 0 aliphatic heterocycles. The van der Waals surface area contributed by atoms with E-state index in [9.17, 15) is 0 Å². The van der Waals surface area contributed by atoms with Crippen LogP contribution in [0.1, 0.15) is 44.2 Å². The molecular formula is C13H19N3O2. The molecule has 0 radical (unpaired) electrons. The molecule has 0 bridgehead atoms. The lowest BCUT2D eigenvalue weighted by molar-refractivity contribution is 0.183. The van der Waals surface area contributed by atoms with Crippen LogP contribution in [0, 0.1) is 0 Å². The topological polar surface area (TPSA) is 80.7 Å². The molecule has 1 saturated carbocycles. The largest absolute Gasteiger partial charge is 0.490 e. The first-order chi connectivity index (χ1) is 8.79. The maximum Gasteiger partial charge on any atom is 0.188 e. The van der Waals surface area contributed by atoms with E-state index in [0.717, 1.165) is 18.6 Å². The fourth-order valence-corrected chi connectivity index (χ4v) is 2.23. The number of pyridine rings is 1. The Kier molecular flexibility index (Phi) is 4.39. The van der Waals surface area contributed by atoms with E-state index in [0.29, 0.717) is 5.69 Å². The van der Waals surface area contributed by atoms with Crippen molar-refractivity contribution >= 4 is 5.84 Å². The molecule has 3 N–H and O–H groups in total. The summed E-state index contributed by atoms with van der Waals surface area (Å²) >= 11 is 0. The summed E-state index contributed by atoms with van der Waals surface area (Å²) < 4.78 is 5.94. The smallest absolute Gasteiger partial charge is 0.188 e. The molecule has 0 saturated heterocycles. The average Bonchev–Trinajstić information content (AvgIpc) is 2.67. The van der Waals surface area contributed by atoms with Crippen molar-refractivity contribution in [1.82, 2.24) is 4.98 Å². The number of oxime groups is 1. The summed E-state index contributed by atoms with van der Waals surface area (Å²) in [5.74, 6) is 0.736. The fraction of sp³-hybridized carbons (Fsp3) is 0.538. The van der Waals surface area contributed by atoms with Crippen LogP contribution >= 0.6 is 0 Å². The van der Waals surface area contributed by atoms with E-state index in [-0.39, 0.29) is 11.9 Å². The predicted octanol–water partition coefficient (Wildman–Crippen LogP) is 2.28. The molecule has 1 aliphatic rings. The molecule has 2 rings (SSSR count). The van der Waals surface area contributed by atoms with E-state index in [1.807, 2.05) is 0 Å². The molecule has 1 heterocycles. The van der Waals surface area contributed by atoms with E-state index >= 15 is 0 Å². The summed E-state index contributed by atoms with van der Waals surface area (Å²) in [6.45, 7) is 0. The van der Waals surface area contributed by atoms with Gasteiger partial charge in [0.25, 0.3) is 0 Å². The minimum atomic E-state index is 0.00122. The van der Waals surface area contributed by atoms with Gasteiger partial charge in [-0.05, 0) is 31.7 Å². The lowest BCUT2D eigenvalue weighted by Gasteiger charge is -2.17. The third-order valence-electron chi connectivity index (χ3n) is 3.21. The Bertz CT molecular complexity index is 412. The third-order valence-corrected chi connectivity index (χ3v) is 3.21. The van der Waals surface area contributed by atoms with Crippen molar-refractivity contribution in [3.05, 3.63) is 24.0 Å². The highest BCUT2D eigenvalue weighted by Crippen LogP contribution is 2.22. The van der Waals surface area contributed by atoms with Crippen LogP contribution < -0.4 is 10.5 Å². The summed E-state index contributed by atoms with van der Waals surface area (Å²) in [6.07, 6.45) is 9.13. The van der Waals surface area contributed by atoms with Crippen molar-refractivity contribution in [2.45, 2.75) is 44.6 Å². The summed E-state index contributed by atoms with van der Waals surface area (Å²) in [7, 11) is 0. The third kappa shape index (κ3) is 3.35. The van der Waals surface area contributed by atoms with Gasteiger partial charge in [0, 0.05) is 12.3 Å². The minimum Gasteiger partial charge on any atom is -0.490 e. The molecular weight excluding hydrogens is 230 g/mol. The Labute approximate surface area is 107 Å². The lowest BCUT2D eigenvalue weighted by atomic mass is 10.1. The number of hydrogen-bond acceptors (Lipinski definition) is 4. The van der Waals surface area contributed by atoms with E-state index in [1.54, 1.807) is 18.3 Å². The highest BCUT2D eigenvalue weighted by molar-refractivity contribution is 5.95. The van der Waals surface area contributed by atoms with E-state index < -0.39 is 0 Å². The second kappa shape index (κ2) is 6.23. The Morgan fingerprint density at radius 3 is 2.72 bits per heavy atom. The quantitative estimate of drug-likeness (QED) is 0.283. The van der Waals surface area contributed by atoms with Crippen LogP contribution in [0.3, 0.4) is 0 Å². The first-order valence-corrected chi connectivity index (χ1v) is 6.40. The molecule has 1 aromatic rings. The molecule has 0 spiro atoms. The number of nitrogens with zero attached hydrogens (tertiary/aromatic N) is 2. The van der Waals surface area contributed by atoms with Crippen LogP contribution in [0.2, 0.25) is 0 Å². The number of ether oxygens (including phenoxy) is 1. The summed E-state index contributed by atoms with van der Waals surface area (Å²) in [5.41, 5.74) is 5.94. The molecule has 5 heteroatoms. The van der Waals surface area contributed by atoms with Gasteiger partial charge in [0.05, 0.1) is 6.10 Å². The number of hydrogen-bond donors (Lipinski definition) is 2. The van der Waals surface area contributed by atoms with Gasteiger partial charge in [-0.25, -0.2) is 0 Å². The van der Waals surface area contributed by atoms with Gasteiger partial charge >= 0.3 is 0 Å². The average molecular weight is 249 g/mol. The fourth-order valence-electron chi connectivity index (χ4n) is 2.23. The lowest BCUT2D eigenvalue weighted by Crippen LogP contribution is -2.17. The van der Waals surface area contributed by atoms with Gasteiger partial charge < -0.3 is 15.7 Å². The van der Waals surface area contributed by atoms with Crippen molar-refractivity contribution in [1.29, 1.82) is 0 Å². The van der Waals surface area contributed by atoms with Crippen molar-refractivity contribution < 1.29 is 9.94 Å². The number of aromatic nitrogens is 1. The van der Waals surface area contributed by atoms with Crippen LogP contribution in [0.15, 0.2) is 23.5 Å². The van der Waals surface area contributed by atoms with E-state index in [2.05, 4.69) is 10.1 Å². The highest BCUT2D eigenvalue weighted by Gasteiger charge is 2.14. The van der Waals surface area contributed by atoms with E-state index in [4.69, 9.17) is 15.7 Å². The normalized spacial score (nSPS) is 18.3. The Morgan fingerprint density at radius 2 is 2.06 bits per heavy atom. The van der Waals surface area contributed by atoms with Gasteiger partial charge in [0.1, 0.15) is 11.4 Å². The zero-order valence-corrected chi connectivity index (χ0v) is 10.4. The summed E-state index contributed by atoms with van der Waals surface area (Å²) in [5, 5.41) is 11.6. The monoisotopic (exact) mass is 249 g/mol. The van der Waals surface area contributed by atoms with Crippen LogP contribution in [-0.2, 0) is 0 Å². The van der Waals surface area contributed by atoms with Crippen molar-refractivity contribution in [2.24, 2.45) is 10.9 Å². The van der Waals surface area contributed by atoms with Crippen molar-refractivity contribution in [3.63, 3.8) is 0 Å². The molecule has 0 unspecified atom stereocenters. The number of amidine groups is 1. The summed E-state index contributed by atoms with van der Waals surface area (Å²) in [6, 6.07) is 3.51. The van der Waals surface area contributed by atoms with Gasteiger partial charge in [-0.2, -0.15) is 0 Å². The molecule has 98 valence electrons. The van der Waals surface area contributed by atoms with Gasteiger partial charge in [-0.3, -0.25) is 4.98 Å². The molecule has 0 atom stereocenters. The number of nitrogens with two attached hydrogens (primary N) is 1. The van der Waals surface area contributed by atoms with Crippen molar-refractivity contribution in [2.75, 3.05) is 0 Å². The van der Waals surface area contributed by atoms with Gasteiger partial charge in [0.15, 0.2) is 5.84 Å². The molecule has 18 heavy (non-hydrogen) atoms. The second-order valence-corrected chi connectivity index (χ2v) is 4.59. The maximum atomic E-state index is 8.62. The maximum absolute atomic E-state index is 8.62. The Hall–Kier alpha value is -1.78. The van der Waals surface area contributed by atoms with Crippen LogP contribution in [0.25, 0.3) is 0 Å². The second-order valence-electron chi connectivity index (χ2n) is 4.59. The van der Waals surface area contributed by atoms with Gasteiger partial charge in [0.2, 0.25) is 0 Å². The number of rotatable bonds is 3. The van der Waals surface area contributed by atoms with Crippen LogP contribution in [0.4, 0.5) is 0 Å². The molecule has 1 fully saturated rings. The van der Waals surface area contributed by atoms with E-state index in [1.165, 1.54) is 25.7 Å².